The van der Waals surface area contributed by atoms with E-state index in [0.29, 0.717) is 12.8 Å². The number of hydrogen-bond donors (Lipinski definition) is 9. The predicted molar refractivity (Wildman–Crippen MR) is 215 cm³/mol. The van der Waals surface area contributed by atoms with Gasteiger partial charge in [0, 0.05) is 0 Å². The summed E-state index contributed by atoms with van der Waals surface area (Å²) in [6.07, 6.45) is 19.6. The molecule has 9 N–H and O–H groups in total. The summed E-state index contributed by atoms with van der Waals surface area (Å²) < 4.78 is 22.8. The fourth-order valence-electron chi connectivity index (χ4n) is 6.46. The van der Waals surface area contributed by atoms with Crippen LogP contribution < -0.4 is 5.32 Å². The summed E-state index contributed by atoms with van der Waals surface area (Å²) in [5.41, 5.74) is 0. The van der Waals surface area contributed by atoms with Crippen LogP contribution in [0.5, 0.6) is 0 Å². The molecule has 0 heterocycles. The van der Waals surface area contributed by atoms with E-state index in [4.69, 9.17) is 9.05 Å². The second-order valence-corrected chi connectivity index (χ2v) is 16.5. The van der Waals surface area contributed by atoms with Crippen molar-refractivity contribution in [2.75, 3.05) is 6.61 Å². The number of nitrogens with one attached hydrogen (secondary N) is 1. The third-order valence-corrected chi connectivity index (χ3v) is 11.0. The highest BCUT2D eigenvalue weighted by atomic mass is 31.2. The highest BCUT2D eigenvalue weighted by Crippen LogP contribution is 2.47. The molecule has 1 saturated carbocycles. The van der Waals surface area contributed by atoms with Crippen LogP contribution in [-0.4, -0.2) is 108 Å². The van der Waals surface area contributed by atoms with E-state index < -0.39 is 75.2 Å². The summed E-state index contributed by atoms with van der Waals surface area (Å²) in [6, 6.07) is -1.24. The number of rotatable bonds is 33. The van der Waals surface area contributed by atoms with Crippen LogP contribution >= 0.6 is 7.82 Å². The molecular formula is C41H76NO12P. The molecular weight excluding hydrogens is 729 g/mol. The number of carbonyl (C=O) groups excluding carboxylic acids is 1. The summed E-state index contributed by atoms with van der Waals surface area (Å²) in [5, 5.41) is 74.2. The molecule has 8 atom stereocenters. The normalized spacial score (nSPS) is 24.8. The molecule has 8 unspecified atom stereocenters. The first-order valence-electron chi connectivity index (χ1n) is 21.0. The number of phosphoric ester groups is 1. The van der Waals surface area contributed by atoms with Crippen molar-refractivity contribution in [1.82, 2.24) is 5.32 Å². The highest BCUT2D eigenvalue weighted by Gasteiger charge is 2.51. The number of allylic oxidation sites excluding steroid dienone is 5. The van der Waals surface area contributed by atoms with Gasteiger partial charge in [-0.1, -0.05) is 140 Å². The fourth-order valence-corrected chi connectivity index (χ4v) is 7.43. The molecule has 13 nitrogen and oxygen atoms in total. The molecule has 322 valence electrons. The predicted octanol–water partition coefficient (Wildman–Crippen LogP) is 5.80. The van der Waals surface area contributed by atoms with Crippen LogP contribution in [-0.2, 0) is 18.4 Å². The topological polar surface area (TPSA) is 226 Å². The Kier molecular flexibility index (Phi) is 29.5. The van der Waals surface area contributed by atoms with E-state index in [1.165, 1.54) is 70.3 Å². The molecule has 0 aromatic heterocycles. The number of amides is 1. The standard InChI is InChI=1S/C41H76NO12P/c1-3-5-7-9-11-13-15-17-18-20-22-24-26-28-32(43)30-35(45)42-33(34(44)29-27-25-23-21-19-16-14-12-10-8-6-4-2)31-53-55(51,52)54-41-39(49)37(47)36(46)38(48)40(41)50/h11,13,15,17,27,29,32-34,36-41,43-44,46-50H,3-10,12,14,16,18-26,28,30-31H2,1-2H3,(H,42,45)(H,51,52)/b13-11-,17-15-,29-27+. The van der Waals surface area contributed by atoms with Gasteiger partial charge in [0.15, 0.2) is 0 Å². The van der Waals surface area contributed by atoms with Gasteiger partial charge in [0.25, 0.3) is 0 Å². The number of aliphatic hydroxyl groups is 7. The Balaban J connectivity index is 2.64. The third kappa shape index (κ3) is 24.1. The molecule has 0 spiro atoms. The Bertz CT molecular complexity index is 1090. The molecule has 0 radical (unpaired) electrons. The Labute approximate surface area is 330 Å². The van der Waals surface area contributed by atoms with Gasteiger partial charge in [-0.25, -0.2) is 4.57 Å². The van der Waals surface area contributed by atoms with Crippen molar-refractivity contribution in [3.63, 3.8) is 0 Å². The minimum absolute atomic E-state index is 0.259. The van der Waals surface area contributed by atoms with E-state index in [1.54, 1.807) is 6.08 Å². The van der Waals surface area contributed by atoms with Crippen LogP contribution in [0.3, 0.4) is 0 Å². The average molecular weight is 806 g/mol. The lowest BCUT2D eigenvalue weighted by atomic mass is 9.85. The summed E-state index contributed by atoms with van der Waals surface area (Å²) in [7, 11) is -5.14. The van der Waals surface area contributed by atoms with Gasteiger partial charge in [0.2, 0.25) is 5.91 Å². The maximum atomic E-state index is 12.9. The van der Waals surface area contributed by atoms with Gasteiger partial charge < -0.3 is 46.0 Å². The Hall–Kier alpha value is -1.48. The molecule has 0 aromatic carbocycles. The quantitative estimate of drug-likeness (QED) is 0.0166. The molecule has 1 aliphatic carbocycles. The third-order valence-electron chi connectivity index (χ3n) is 10.00. The van der Waals surface area contributed by atoms with Crippen molar-refractivity contribution in [1.29, 1.82) is 0 Å². The zero-order chi connectivity index (χ0) is 40.9. The summed E-state index contributed by atoms with van der Waals surface area (Å²) in [6.45, 7) is 3.66. The molecule has 1 fully saturated rings. The van der Waals surface area contributed by atoms with Crippen LogP contribution in [0, 0.1) is 0 Å². The number of carbonyl (C=O) groups is 1. The summed E-state index contributed by atoms with van der Waals surface area (Å²) >= 11 is 0. The van der Waals surface area contributed by atoms with Gasteiger partial charge in [-0.3, -0.25) is 13.8 Å². The summed E-state index contributed by atoms with van der Waals surface area (Å²) in [4.78, 5) is 23.3. The average Bonchev–Trinajstić information content (AvgIpc) is 3.15. The van der Waals surface area contributed by atoms with Crippen LogP contribution in [0.1, 0.15) is 155 Å². The van der Waals surface area contributed by atoms with E-state index in [2.05, 4.69) is 43.5 Å². The Morgan fingerprint density at radius 3 is 1.64 bits per heavy atom. The number of aliphatic hydroxyl groups excluding tert-OH is 7. The Morgan fingerprint density at radius 1 is 0.655 bits per heavy atom. The van der Waals surface area contributed by atoms with Gasteiger partial charge in [-0.05, 0) is 44.9 Å². The minimum Gasteiger partial charge on any atom is -0.393 e. The molecule has 0 bridgehead atoms. The first-order chi connectivity index (χ1) is 26.3. The van der Waals surface area contributed by atoms with Crippen molar-refractivity contribution in [3.8, 4) is 0 Å². The lowest BCUT2D eigenvalue weighted by molar-refractivity contribution is -0.220. The van der Waals surface area contributed by atoms with Crippen molar-refractivity contribution in [3.05, 3.63) is 36.5 Å². The van der Waals surface area contributed by atoms with Crippen LogP contribution in [0.4, 0.5) is 0 Å². The van der Waals surface area contributed by atoms with E-state index in [-0.39, 0.29) is 6.42 Å². The largest absolute Gasteiger partial charge is 0.472 e. The number of hydrogen-bond acceptors (Lipinski definition) is 11. The lowest BCUT2D eigenvalue weighted by Gasteiger charge is -2.41. The molecule has 1 aliphatic rings. The lowest BCUT2D eigenvalue weighted by Crippen LogP contribution is -2.64. The molecule has 0 aliphatic heterocycles. The van der Waals surface area contributed by atoms with Crippen molar-refractivity contribution < 1.29 is 59.0 Å². The van der Waals surface area contributed by atoms with E-state index in [9.17, 15) is 50.0 Å². The first kappa shape index (κ1) is 51.5. The van der Waals surface area contributed by atoms with Gasteiger partial charge in [0.1, 0.15) is 36.6 Å². The molecule has 1 rings (SSSR count). The van der Waals surface area contributed by atoms with E-state index in [1.807, 2.05) is 0 Å². The van der Waals surface area contributed by atoms with E-state index in [0.717, 1.165) is 57.8 Å². The summed E-state index contributed by atoms with van der Waals surface area (Å²) in [5.74, 6) is -0.608. The molecule has 1 amide bonds. The van der Waals surface area contributed by atoms with Gasteiger partial charge in [-0.2, -0.15) is 0 Å². The van der Waals surface area contributed by atoms with Crippen molar-refractivity contribution in [2.45, 2.75) is 210 Å². The van der Waals surface area contributed by atoms with E-state index >= 15 is 0 Å². The minimum atomic E-state index is -5.14. The SMILES string of the molecule is CCCCC/C=C\C=C/CCCCCCC(O)CC(=O)NC(COP(=O)(O)OC1C(O)C(O)C(O)C(O)C1O)C(O)/C=C/CCCCCCCCCCCC. The van der Waals surface area contributed by atoms with Gasteiger partial charge in [0.05, 0.1) is 31.3 Å². The van der Waals surface area contributed by atoms with Crippen molar-refractivity contribution in [2.24, 2.45) is 0 Å². The zero-order valence-electron chi connectivity index (χ0n) is 33.6. The van der Waals surface area contributed by atoms with Gasteiger partial charge in [-0.15, -0.1) is 0 Å². The van der Waals surface area contributed by atoms with Crippen LogP contribution in [0.15, 0.2) is 36.5 Å². The first-order valence-corrected chi connectivity index (χ1v) is 22.5. The molecule has 0 saturated heterocycles. The molecule has 14 heteroatoms. The molecule has 55 heavy (non-hydrogen) atoms. The Morgan fingerprint density at radius 2 is 1.09 bits per heavy atom. The number of phosphoric acid groups is 1. The van der Waals surface area contributed by atoms with Crippen LogP contribution in [0.2, 0.25) is 0 Å². The number of unbranched alkanes of at least 4 members (excludes halogenated alkanes) is 17. The maximum absolute atomic E-state index is 12.9. The van der Waals surface area contributed by atoms with Gasteiger partial charge >= 0.3 is 7.82 Å². The fraction of sp³-hybridized carbons (Fsp3) is 0.829. The van der Waals surface area contributed by atoms with Crippen LogP contribution in [0.25, 0.3) is 0 Å². The monoisotopic (exact) mass is 806 g/mol. The maximum Gasteiger partial charge on any atom is 0.472 e. The molecule has 0 aromatic rings. The van der Waals surface area contributed by atoms with Crippen molar-refractivity contribution >= 4 is 13.7 Å². The second kappa shape index (κ2) is 31.5. The zero-order valence-corrected chi connectivity index (χ0v) is 34.5. The smallest absolute Gasteiger partial charge is 0.393 e. The highest BCUT2D eigenvalue weighted by molar-refractivity contribution is 7.47. The second-order valence-electron chi connectivity index (χ2n) is 15.1.